The largest absolute Gasteiger partial charge is 0.507 e. The second-order valence-electron chi connectivity index (χ2n) is 12.3. The number of halogens is 1. The van der Waals surface area contributed by atoms with Gasteiger partial charge in [-0.25, -0.2) is 0 Å². The number of ketones is 1. The fourth-order valence-corrected chi connectivity index (χ4v) is 5.73. The summed E-state index contributed by atoms with van der Waals surface area (Å²) in [4.78, 5) is 15.8. The first-order valence-electron chi connectivity index (χ1n) is 13.0. The standard InChI is InChI=1S/C30H42BrN3O2/c1-8-9-20-17-34(28(33-31)23(20)14-19-10-12-22(32)13-11-19)18-26(35)21-15-24(29(2,3)4)27(36)25(16-21)30(5,6)7/h10-13,15-16,20,23,36H,8-9,14,17-18,32H2,1-7H3/b33-28-/t20-,23+/m0/s1. The zero-order valence-corrected chi connectivity index (χ0v) is 24.4. The molecule has 36 heavy (non-hydrogen) atoms. The van der Waals surface area contributed by atoms with Crippen LogP contribution >= 0.6 is 16.1 Å². The molecule has 0 radical (unpaired) electrons. The SMILES string of the molecule is CCC[C@H]1CN(CC(=O)c2cc(C(C)(C)C)c(O)c(C(C)(C)C)c2)/C(=N\Br)[C@@H]1Cc1ccc(N)cc1. The summed E-state index contributed by atoms with van der Waals surface area (Å²) in [7, 11) is 0. The molecule has 2 aromatic rings. The first-order valence-corrected chi connectivity index (χ1v) is 13.7. The molecule has 3 rings (SSSR count). The number of phenolic OH excluding ortho intramolecular Hbond substituents is 1. The van der Waals surface area contributed by atoms with Crippen molar-refractivity contribution in [3.05, 3.63) is 58.7 Å². The van der Waals surface area contributed by atoms with Crippen LogP contribution in [0.1, 0.15) is 88.4 Å². The van der Waals surface area contributed by atoms with Crippen molar-refractivity contribution in [1.29, 1.82) is 0 Å². The molecule has 6 heteroatoms. The van der Waals surface area contributed by atoms with Crippen LogP contribution in [0, 0.1) is 11.8 Å². The molecule has 3 N–H and O–H groups in total. The molecule has 1 aliphatic heterocycles. The highest BCUT2D eigenvalue weighted by Gasteiger charge is 2.39. The van der Waals surface area contributed by atoms with Crippen molar-refractivity contribution in [3.8, 4) is 5.75 Å². The summed E-state index contributed by atoms with van der Waals surface area (Å²) < 4.78 is 4.51. The third kappa shape index (κ3) is 6.31. The molecule has 0 amide bonds. The molecule has 0 spiro atoms. The number of anilines is 1. The third-order valence-corrected chi connectivity index (χ3v) is 7.61. The molecular weight excluding hydrogens is 514 g/mol. The van der Waals surface area contributed by atoms with Crippen LogP contribution in [0.4, 0.5) is 5.69 Å². The van der Waals surface area contributed by atoms with Gasteiger partial charge in [0.25, 0.3) is 0 Å². The average molecular weight is 557 g/mol. The van der Waals surface area contributed by atoms with Gasteiger partial charge in [0.15, 0.2) is 5.78 Å². The van der Waals surface area contributed by atoms with E-state index in [0.29, 0.717) is 17.2 Å². The van der Waals surface area contributed by atoms with Crippen molar-refractivity contribution in [2.75, 3.05) is 18.8 Å². The van der Waals surface area contributed by atoms with Gasteiger partial charge in [-0.1, -0.05) is 67.0 Å². The molecule has 0 aromatic heterocycles. The first kappa shape index (κ1) is 28.2. The van der Waals surface area contributed by atoms with Gasteiger partial charge in [0, 0.05) is 34.8 Å². The van der Waals surface area contributed by atoms with Gasteiger partial charge in [0.05, 0.1) is 22.7 Å². The molecule has 2 atom stereocenters. The highest BCUT2D eigenvalue weighted by atomic mass is 79.9. The Morgan fingerprint density at radius 2 is 1.64 bits per heavy atom. The van der Waals surface area contributed by atoms with E-state index in [0.717, 1.165) is 48.5 Å². The Labute approximate surface area is 225 Å². The van der Waals surface area contributed by atoms with Gasteiger partial charge < -0.3 is 15.7 Å². The van der Waals surface area contributed by atoms with E-state index in [2.05, 4.69) is 85.7 Å². The van der Waals surface area contributed by atoms with Crippen molar-refractivity contribution in [1.82, 2.24) is 4.90 Å². The number of benzene rings is 2. The Bertz CT molecular complexity index is 1080. The van der Waals surface area contributed by atoms with Crippen LogP contribution in [0.2, 0.25) is 0 Å². The number of amidine groups is 1. The van der Waals surface area contributed by atoms with E-state index in [9.17, 15) is 9.90 Å². The number of carbonyl (C=O) groups excluding carboxylic acids is 1. The Balaban J connectivity index is 1.92. The van der Waals surface area contributed by atoms with Crippen molar-refractivity contribution < 1.29 is 9.90 Å². The second kappa shape index (κ2) is 11.0. The number of Topliss-reactive ketones (excluding diaryl/α,β-unsaturated/α-hetero) is 1. The molecule has 1 aliphatic rings. The van der Waals surface area contributed by atoms with Crippen molar-refractivity contribution in [3.63, 3.8) is 0 Å². The molecule has 0 bridgehead atoms. The predicted molar refractivity (Wildman–Crippen MR) is 154 cm³/mol. The normalized spacial score (nSPS) is 19.8. The lowest BCUT2D eigenvalue weighted by atomic mass is 9.78. The van der Waals surface area contributed by atoms with E-state index < -0.39 is 0 Å². The van der Waals surface area contributed by atoms with Gasteiger partial charge >= 0.3 is 0 Å². The molecule has 1 saturated heterocycles. The minimum absolute atomic E-state index is 0.0445. The van der Waals surface area contributed by atoms with Crippen LogP contribution in [0.3, 0.4) is 0 Å². The minimum atomic E-state index is -0.285. The number of nitrogens with zero attached hydrogens (tertiary/aromatic N) is 2. The number of rotatable bonds is 7. The number of phenols is 1. The smallest absolute Gasteiger partial charge is 0.182 e. The fraction of sp³-hybridized carbons (Fsp3) is 0.533. The van der Waals surface area contributed by atoms with Crippen molar-refractivity contribution in [2.45, 2.75) is 78.6 Å². The third-order valence-electron chi connectivity index (χ3n) is 7.24. The van der Waals surface area contributed by atoms with Crippen LogP contribution in [0.25, 0.3) is 0 Å². The molecule has 196 valence electrons. The summed E-state index contributed by atoms with van der Waals surface area (Å²) in [5.74, 6) is 1.93. The summed E-state index contributed by atoms with van der Waals surface area (Å²) in [5.41, 5.74) is 9.55. The second-order valence-corrected chi connectivity index (χ2v) is 12.6. The molecule has 1 heterocycles. The van der Waals surface area contributed by atoms with E-state index in [1.54, 1.807) is 0 Å². The molecule has 0 aliphatic carbocycles. The van der Waals surface area contributed by atoms with Gasteiger partial charge in [-0.05, 0) is 59.4 Å². The Morgan fingerprint density at radius 1 is 1.08 bits per heavy atom. The van der Waals surface area contributed by atoms with Crippen molar-refractivity contribution >= 4 is 33.5 Å². The summed E-state index contributed by atoms with van der Waals surface area (Å²) in [6, 6.07) is 11.8. The van der Waals surface area contributed by atoms with Gasteiger partial charge in [0.2, 0.25) is 0 Å². The van der Waals surface area contributed by atoms with E-state index >= 15 is 0 Å². The van der Waals surface area contributed by atoms with E-state index in [1.807, 2.05) is 24.3 Å². The maximum atomic E-state index is 13.7. The van der Waals surface area contributed by atoms with Crippen LogP contribution in [-0.2, 0) is 17.3 Å². The number of likely N-dealkylation sites (tertiary alicyclic amines) is 1. The topological polar surface area (TPSA) is 78.9 Å². The van der Waals surface area contributed by atoms with Crippen LogP contribution in [-0.4, -0.2) is 34.7 Å². The van der Waals surface area contributed by atoms with Crippen molar-refractivity contribution in [2.24, 2.45) is 15.9 Å². The lowest BCUT2D eigenvalue weighted by Crippen LogP contribution is -2.33. The highest BCUT2D eigenvalue weighted by molar-refractivity contribution is 9.08. The Kier molecular flexibility index (Phi) is 8.59. The maximum Gasteiger partial charge on any atom is 0.182 e. The molecule has 2 aromatic carbocycles. The van der Waals surface area contributed by atoms with Crippen LogP contribution in [0.15, 0.2) is 40.4 Å². The maximum absolute atomic E-state index is 13.7. The number of hydrogen-bond acceptors (Lipinski definition) is 4. The zero-order valence-electron chi connectivity index (χ0n) is 22.9. The Hall–Kier alpha value is -2.34. The predicted octanol–water partition coefficient (Wildman–Crippen LogP) is 7.05. The monoisotopic (exact) mass is 555 g/mol. The number of nitrogen functional groups attached to an aromatic ring is 1. The minimum Gasteiger partial charge on any atom is -0.507 e. The number of aromatic hydroxyl groups is 1. The molecule has 0 unspecified atom stereocenters. The molecular formula is C30H42BrN3O2. The highest BCUT2D eigenvalue weighted by Crippen LogP contribution is 2.40. The number of nitrogens with two attached hydrogens (primary N) is 1. The number of hydrogen-bond donors (Lipinski definition) is 2. The zero-order chi connectivity index (χ0) is 26.8. The van der Waals surface area contributed by atoms with E-state index in [4.69, 9.17) is 5.73 Å². The molecule has 0 saturated carbocycles. The first-order chi connectivity index (χ1) is 16.8. The molecule has 5 nitrogen and oxygen atoms in total. The summed E-state index contributed by atoms with van der Waals surface area (Å²) >= 11 is 3.37. The summed E-state index contributed by atoms with van der Waals surface area (Å²) in [6.45, 7) is 15.7. The lowest BCUT2D eigenvalue weighted by Gasteiger charge is -2.28. The van der Waals surface area contributed by atoms with Gasteiger partial charge in [-0.2, -0.15) is 4.02 Å². The average Bonchev–Trinajstić information content (AvgIpc) is 3.09. The lowest BCUT2D eigenvalue weighted by molar-refractivity contribution is 0.0963. The van der Waals surface area contributed by atoms with Crippen LogP contribution < -0.4 is 5.73 Å². The number of carbonyl (C=O) groups is 1. The fourth-order valence-electron chi connectivity index (χ4n) is 5.24. The molecule has 1 fully saturated rings. The van der Waals surface area contributed by atoms with Crippen LogP contribution in [0.5, 0.6) is 5.75 Å². The van der Waals surface area contributed by atoms with E-state index in [-0.39, 0.29) is 29.1 Å². The van der Waals surface area contributed by atoms with Gasteiger partial charge in [0.1, 0.15) is 11.6 Å². The van der Waals surface area contributed by atoms with Gasteiger partial charge in [-0.3, -0.25) is 4.79 Å². The summed E-state index contributed by atoms with van der Waals surface area (Å²) in [6.07, 6.45) is 3.03. The quantitative estimate of drug-likeness (QED) is 0.283. The van der Waals surface area contributed by atoms with E-state index in [1.165, 1.54) is 5.56 Å². The summed E-state index contributed by atoms with van der Waals surface area (Å²) in [5, 5.41) is 11.1. The van der Waals surface area contributed by atoms with Gasteiger partial charge in [-0.15, -0.1) is 0 Å². The Morgan fingerprint density at radius 3 is 2.11 bits per heavy atom.